The van der Waals surface area contributed by atoms with Crippen LogP contribution in [0.2, 0.25) is 0 Å². The highest BCUT2D eigenvalue weighted by molar-refractivity contribution is 5.72. The summed E-state index contributed by atoms with van der Waals surface area (Å²) in [6.45, 7) is 8.75. The SMILES string of the molecule is CCCCCCCCCCCCC/C=C/C1NC=C[N+]1(CC)CCNC(C)=O. The van der Waals surface area contributed by atoms with Crippen LogP contribution in [0, 0.1) is 0 Å². The number of likely N-dealkylation sites (N-methyl/N-ethyl adjacent to an activating group) is 1. The Hall–Kier alpha value is -1.29. The fourth-order valence-corrected chi connectivity index (χ4v) is 4.02. The van der Waals surface area contributed by atoms with Crippen molar-refractivity contribution in [1.29, 1.82) is 0 Å². The van der Waals surface area contributed by atoms with Crippen molar-refractivity contribution in [2.24, 2.45) is 0 Å². The minimum Gasteiger partial charge on any atom is -0.351 e. The Morgan fingerprint density at radius 3 is 2.18 bits per heavy atom. The van der Waals surface area contributed by atoms with Crippen molar-refractivity contribution in [3.05, 3.63) is 24.6 Å². The van der Waals surface area contributed by atoms with E-state index in [1.807, 2.05) is 0 Å². The summed E-state index contributed by atoms with van der Waals surface area (Å²) < 4.78 is 0.870. The second-order valence-corrected chi connectivity index (χ2v) is 8.31. The van der Waals surface area contributed by atoms with Crippen LogP contribution in [0.1, 0.15) is 97.8 Å². The van der Waals surface area contributed by atoms with E-state index in [2.05, 4.69) is 49.0 Å². The van der Waals surface area contributed by atoms with Gasteiger partial charge in [0, 0.05) is 6.92 Å². The molecule has 162 valence electrons. The summed E-state index contributed by atoms with van der Waals surface area (Å²) in [7, 11) is 0. The van der Waals surface area contributed by atoms with Crippen LogP contribution in [0.5, 0.6) is 0 Å². The highest BCUT2D eigenvalue weighted by atomic mass is 16.1. The summed E-state index contributed by atoms with van der Waals surface area (Å²) in [6.07, 6.45) is 25.8. The summed E-state index contributed by atoms with van der Waals surface area (Å²) in [5.41, 5.74) is 0. The molecule has 0 aromatic heterocycles. The number of carbonyl (C=O) groups is 1. The Bertz CT molecular complexity index is 461. The topological polar surface area (TPSA) is 41.1 Å². The number of nitrogens with zero attached hydrogens (tertiary/aromatic N) is 1. The molecule has 2 unspecified atom stereocenters. The normalized spacial score (nSPS) is 21.3. The van der Waals surface area contributed by atoms with E-state index >= 15 is 0 Å². The number of allylic oxidation sites excluding steroid dienone is 1. The van der Waals surface area contributed by atoms with Gasteiger partial charge < -0.3 is 10.6 Å². The van der Waals surface area contributed by atoms with Crippen molar-refractivity contribution in [2.45, 2.75) is 104 Å². The Labute approximate surface area is 174 Å². The number of hydrogen-bond acceptors (Lipinski definition) is 2. The van der Waals surface area contributed by atoms with Gasteiger partial charge in [-0.1, -0.05) is 77.2 Å². The predicted molar refractivity (Wildman–Crippen MR) is 121 cm³/mol. The summed E-state index contributed by atoms with van der Waals surface area (Å²) in [6, 6.07) is 0. The first-order valence-corrected chi connectivity index (χ1v) is 11.9. The molecule has 28 heavy (non-hydrogen) atoms. The molecular formula is C24H46N3O+. The lowest BCUT2D eigenvalue weighted by Gasteiger charge is -2.35. The van der Waals surface area contributed by atoms with Crippen molar-refractivity contribution >= 4 is 5.91 Å². The molecule has 1 aliphatic rings. The fraction of sp³-hybridized carbons (Fsp3) is 0.792. The molecule has 2 atom stereocenters. The van der Waals surface area contributed by atoms with Crippen LogP contribution in [-0.4, -0.2) is 36.2 Å². The third kappa shape index (κ3) is 10.3. The van der Waals surface area contributed by atoms with E-state index in [-0.39, 0.29) is 5.91 Å². The van der Waals surface area contributed by atoms with Gasteiger partial charge in [-0.05, 0) is 25.8 Å². The lowest BCUT2D eigenvalue weighted by atomic mass is 10.1. The van der Waals surface area contributed by atoms with Crippen LogP contribution in [0.15, 0.2) is 24.6 Å². The Balaban J connectivity index is 2.10. The molecule has 1 rings (SSSR count). The van der Waals surface area contributed by atoms with E-state index in [1.54, 1.807) is 6.92 Å². The Kier molecular flexibility index (Phi) is 13.8. The molecule has 0 aliphatic carbocycles. The molecule has 0 radical (unpaired) electrons. The van der Waals surface area contributed by atoms with E-state index in [0.717, 1.165) is 24.1 Å². The maximum absolute atomic E-state index is 11.1. The lowest BCUT2D eigenvalue weighted by Crippen LogP contribution is -2.54. The number of hydrogen-bond donors (Lipinski definition) is 2. The maximum Gasteiger partial charge on any atom is 0.217 e. The number of unbranched alkanes of at least 4 members (excludes halogenated alkanes) is 11. The molecule has 0 spiro atoms. The molecule has 0 saturated heterocycles. The third-order valence-corrected chi connectivity index (χ3v) is 5.98. The first kappa shape index (κ1) is 24.7. The van der Waals surface area contributed by atoms with Crippen LogP contribution in [0.25, 0.3) is 0 Å². The standard InChI is InChI=1S/C24H45N3O/c1-4-6-7-8-9-10-11-12-13-14-15-16-17-18-24-26-20-22-27(24,5-2)21-19-25-23(3)28/h17-18,20,22,24,26H,4-16,19,21H2,1-3H3/p+1/b18-17+. The largest absolute Gasteiger partial charge is 0.351 e. The zero-order valence-corrected chi connectivity index (χ0v) is 18.8. The van der Waals surface area contributed by atoms with Gasteiger partial charge in [-0.15, -0.1) is 0 Å². The monoisotopic (exact) mass is 392 g/mol. The van der Waals surface area contributed by atoms with Gasteiger partial charge in [0.1, 0.15) is 12.7 Å². The van der Waals surface area contributed by atoms with Crippen molar-refractivity contribution < 1.29 is 9.28 Å². The summed E-state index contributed by atoms with van der Waals surface area (Å²) in [4.78, 5) is 11.1. The molecule has 4 heteroatoms. The smallest absolute Gasteiger partial charge is 0.217 e. The maximum atomic E-state index is 11.1. The number of carbonyl (C=O) groups excluding carboxylic acids is 1. The average Bonchev–Trinajstić information content (AvgIpc) is 3.08. The summed E-state index contributed by atoms with van der Waals surface area (Å²) in [5, 5.41) is 6.40. The van der Waals surface area contributed by atoms with Crippen molar-refractivity contribution in [3.8, 4) is 0 Å². The van der Waals surface area contributed by atoms with Crippen LogP contribution >= 0.6 is 0 Å². The fourth-order valence-electron chi connectivity index (χ4n) is 4.02. The number of nitrogens with one attached hydrogen (secondary N) is 2. The Morgan fingerprint density at radius 2 is 1.61 bits per heavy atom. The second-order valence-electron chi connectivity index (χ2n) is 8.31. The van der Waals surface area contributed by atoms with Gasteiger partial charge in [-0.2, -0.15) is 0 Å². The van der Waals surface area contributed by atoms with E-state index < -0.39 is 0 Å². The average molecular weight is 393 g/mol. The molecule has 0 aromatic rings. The van der Waals surface area contributed by atoms with Gasteiger partial charge in [-0.25, -0.2) is 0 Å². The minimum absolute atomic E-state index is 0.0500. The van der Waals surface area contributed by atoms with Gasteiger partial charge in [0.05, 0.1) is 19.3 Å². The third-order valence-electron chi connectivity index (χ3n) is 5.98. The number of quaternary nitrogens is 1. The first-order chi connectivity index (χ1) is 13.6. The van der Waals surface area contributed by atoms with Gasteiger partial charge in [0.25, 0.3) is 0 Å². The predicted octanol–water partition coefficient (Wildman–Crippen LogP) is 5.62. The number of amides is 1. The van der Waals surface area contributed by atoms with Crippen LogP contribution in [0.3, 0.4) is 0 Å². The van der Waals surface area contributed by atoms with E-state index in [0.29, 0.717) is 6.17 Å². The van der Waals surface area contributed by atoms with Crippen molar-refractivity contribution in [3.63, 3.8) is 0 Å². The molecule has 0 saturated carbocycles. The molecular weight excluding hydrogens is 346 g/mol. The minimum atomic E-state index is 0.0500. The van der Waals surface area contributed by atoms with Crippen molar-refractivity contribution in [1.82, 2.24) is 10.6 Å². The zero-order chi connectivity index (χ0) is 20.5. The van der Waals surface area contributed by atoms with Crippen LogP contribution in [-0.2, 0) is 4.79 Å². The second kappa shape index (κ2) is 15.6. The lowest BCUT2D eigenvalue weighted by molar-refractivity contribution is -0.891. The van der Waals surface area contributed by atoms with E-state index in [9.17, 15) is 4.79 Å². The highest BCUT2D eigenvalue weighted by Gasteiger charge is 2.34. The summed E-state index contributed by atoms with van der Waals surface area (Å²) in [5.74, 6) is 0.0500. The van der Waals surface area contributed by atoms with E-state index in [4.69, 9.17) is 0 Å². The van der Waals surface area contributed by atoms with Crippen LogP contribution in [0.4, 0.5) is 0 Å². The molecule has 1 amide bonds. The quantitative estimate of drug-likeness (QED) is 0.192. The van der Waals surface area contributed by atoms with Gasteiger partial charge >= 0.3 is 0 Å². The molecule has 0 fully saturated rings. The molecule has 0 bridgehead atoms. The molecule has 1 heterocycles. The molecule has 2 N–H and O–H groups in total. The van der Waals surface area contributed by atoms with Gasteiger partial charge in [0.2, 0.25) is 5.91 Å². The van der Waals surface area contributed by atoms with Crippen LogP contribution < -0.4 is 10.6 Å². The number of rotatable bonds is 17. The van der Waals surface area contributed by atoms with E-state index in [1.165, 1.54) is 77.0 Å². The zero-order valence-electron chi connectivity index (χ0n) is 18.8. The van der Waals surface area contributed by atoms with Gasteiger partial charge in [-0.3, -0.25) is 9.28 Å². The Morgan fingerprint density at radius 1 is 1.00 bits per heavy atom. The molecule has 0 aromatic carbocycles. The summed E-state index contributed by atoms with van der Waals surface area (Å²) >= 11 is 0. The van der Waals surface area contributed by atoms with Gasteiger partial charge in [0.15, 0.2) is 6.17 Å². The first-order valence-electron chi connectivity index (χ1n) is 11.9. The van der Waals surface area contributed by atoms with Crippen molar-refractivity contribution in [2.75, 3.05) is 19.6 Å². The molecule has 4 nitrogen and oxygen atoms in total. The highest BCUT2D eigenvalue weighted by Crippen LogP contribution is 2.19. The molecule has 1 aliphatic heterocycles.